The van der Waals surface area contributed by atoms with E-state index in [-0.39, 0.29) is 11.1 Å². The van der Waals surface area contributed by atoms with Gasteiger partial charge in [0.15, 0.2) is 0 Å². The van der Waals surface area contributed by atoms with E-state index in [4.69, 9.17) is 9.15 Å². The lowest BCUT2D eigenvalue weighted by molar-refractivity contribution is 0.410. The van der Waals surface area contributed by atoms with Crippen molar-refractivity contribution in [1.29, 1.82) is 0 Å². The molecule has 0 amide bonds. The number of rotatable bonds is 5. The lowest BCUT2D eigenvalue weighted by Gasteiger charge is -2.08. The number of nitrogens with zero attached hydrogens (tertiary/aromatic N) is 5. The Morgan fingerprint density at radius 3 is 2.90 bits per heavy atom. The molecule has 5 rings (SSSR count). The molecule has 10 heteroatoms. The minimum Gasteiger partial charge on any atom is -0.494 e. The first-order chi connectivity index (χ1) is 14.2. The van der Waals surface area contributed by atoms with Gasteiger partial charge in [0.2, 0.25) is 10.7 Å². The monoisotopic (exact) mass is 406 g/mol. The summed E-state index contributed by atoms with van der Waals surface area (Å²) in [5.74, 6) is 1.54. The van der Waals surface area contributed by atoms with Crippen LogP contribution in [0.4, 0.5) is 0 Å². The van der Waals surface area contributed by atoms with Gasteiger partial charge in [-0.15, -0.1) is 5.10 Å². The Bertz CT molecular complexity index is 1390. The third-order valence-electron chi connectivity index (χ3n) is 4.37. The number of nitrogens with one attached hydrogen (secondary N) is 1. The predicted octanol–water partition coefficient (Wildman–Crippen LogP) is 2.95. The molecule has 0 radical (unpaired) electrons. The average molecular weight is 406 g/mol. The van der Waals surface area contributed by atoms with Crippen LogP contribution in [0.25, 0.3) is 27.8 Å². The van der Waals surface area contributed by atoms with Crippen LogP contribution in [0.1, 0.15) is 5.82 Å². The summed E-state index contributed by atoms with van der Waals surface area (Å²) in [6.07, 6.45) is 0. The topological polar surface area (TPSA) is 112 Å². The maximum absolute atomic E-state index is 12.4. The molecule has 0 spiro atoms. The van der Waals surface area contributed by atoms with Gasteiger partial charge in [-0.05, 0) is 34.7 Å². The molecule has 0 saturated carbocycles. The van der Waals surface area contributed by atoms with Crippen molar-refractivity contribution in [3.63, 3.8) is 0 Å². The van der Waals surface area contributed by atoms with E-state index < -0.39 is 0 Å². The third kappa shape index (κ3) is 3.03. The van der Waals surface area contributed by atoms with Gasteiger partial charge in [-0.2, -0.15) is 4.68 Å². The molecule has 0 saturated heterocycles. The molecule has 0 bridgehead atoms. The number of methoxy groups -OCH3 is 1. The fraction of sp³-hybridized carbons (Fsp3) is 0.105. The highest BCUT2D eigenvalue weighted by Gasteiger charge is 2.16. The fourth-order valence-corrected chi connectivity index (χ4v) is 3.83. The maximum Gasteiger partial charge on any atom is 0.294 e. The van der Waals surface area contributed by atoms with Crippen molar-refractivity contribution in [2.24, 2.45) is 0 Å². The highest BCUT2D eigenvalue weighted by Crippen LogP contribution is 2.28. The number of para-hydroxylation sites is 3. The standard InChI is InChI=1S/C19H14N6O3S/c1-27-14-9-5-3-7-12(14)25-19(22-23-24-25)29-10-15-20-16-11-6-2-4-8-13(11)28-17(16)18(26)21-15/h2-9H,10H2,1H3,(H,20,21,26). The van der Waals surface area contributed by atoms with Gasteiger partial charge in [0.25, 0.3) is 5.56 Å². The zero-order chi connectivity index (χ0) is 19.8. The van der Waals surface area contributed by atoms with Gasteiger partial charge < -0.3 is 14.1 Å². The van der Waals surface area contributed by atoms with Crippen molar-refractivity contribution in [1.82, 2.24) is 30.2 Å². The van der Waals surface area contributed by atoms with Crippen LogP contribution in [0.5, 0.6) is 5.75 Å². The van der Waals surface area contributed by atoms with E-state index in [1.807, 2.05) is 48.5 Å². The summed E-state index contributed by atoms with van der Waals surface area (Å²) in [7, 11) is 1.59. The zero-order valence-corrected chi connectivity index (χ0v) is 16.0. The molecule has 0 fully saturated rings. The lowest BCUT2D eigenvalue weighted by atomic mass is 10.2. The van der Waals surface area contributed by atoms with Gasteiger partial charge in [-0.25, -0.2) is 4.98 Å². The number of benzene rings is 2. The molecule has 29 heavy (non-hydrogen) atoms. The van der Waals surface area contributed by atoms with E-state index in [1.165, 1.54) is 11.8 Å². The Morgan fingerprint density at radius 2 is 2.00 bits per heavy atom. The molecule has 5 aromatic rings. The minimum atomic E-state index is -0.314. The van der Waals surface area contributed by atoms with Crippen LogP contribution in [0, 0.1) is 0 Å². The molecule has 0 aliphatic heterocycles. The van der Waals surface area contributed by atoms with Gasteiger partial charge in [0.1, 0.15) is 28.4 Å². The van der Waals surface area contributed by atoms with Crippen LogP contribution < -0.4 is 10.3 Å². The Morgan fingerprint density at radius 1 is 1.17 bits per heavy atom. The summed E-state index contributed by atoms with van der Waals surface area (Å²) in [6.45, 7) is 0. The van der Waals surface area contributed by atoms with E-state index in [0.717, 1.165) is 11.1 Å². The first-order valence-electron chi connectivity index (χ1n) is 8.69. The van der Waals surface area contributed by atoms with Crippen molar-refractivity contribution >= 4 is 33.8 Å². The molecule has 0 unspecified atom stereocenters. The molecule has 9 nitrogen and oxygen atoms in total. The molecule has 2 aromatic carbocycles. The number of thioether (sulfide) groups is 1. The number of aromatic nitrogens is 6. The maximum atomic E-state index is 12.4. The Balaban J connectivity index is 1.48. The van der Waals surface area contributed by atoms with E-state index in [2.05, 4.69) is 25.5 Å². The van der Waals surface area contributed by atoms with Crippen LogP contribution >= 0.6 is 11.8 Å². The quantitative estimate of drug-likeness (QED) is 0.444. The van der Waals surface area contributed by atoms with Crippen LogP contribution in [0.15, 0.2) is 62.9 Å². The largest absolute Gasteiger partial charge is 0.494 e. The zero-order valence-electron chi connectivity index (χ0n) is 15.2. The summed E-state index contributed by atoms with van der Waals surface area (Å²) in [5.41, 5.74) is 1.81. The van der Waals surface area contributed by atoms with Crippen molar-refractivity contribution in [2.75, 3.05) is 7.11 Å². The second-order valence-electron chi connectivity index (χ2n) is 6.12. The number of hydrogen-bond donors (Lipinski definition) is 1. The third-order valence-corrected chi connectivity index (χ3v) is 5.30. The Labute approximate surface area is 167 Å². The lowest BCUT2D eigenvalue weighted by Crippen LogP contribution is -2.10. The minimum absolute atomic E-state index is 0.221. The average Bonchev–Trinajstić information content (AvgIpc) is 3.37. The van der Waals surface area contributed by atoms with E-state index >= 15 is 0 Å². The molecule has 0 aliphatic carbocycles. The van der Waals surface area contributed by atoms with E-state index in [9.17, 15) is 4.79 Å². The van der Waals surface area contributed by atoms with Crippen molar-refractivity contribution < 1.29 is 9.15 Å². The van der Waals surface area contributed by atoms with Crippen LogP contribution in [0.2, 0.25) is 0 Å². The summed E-state index contributed by atoms with van der Waals surface area (Å²) in [6, 6.07) is 14.9. The molecular weight excluding hydrogens is 392 g/mol. The van der Waals surface area contributed by atoms with Crippen molar-refractivity contribution in [3.8, 4) is 11.4 Å². The van der Waals surface area contributed by atoms with E-state index in [1.54, 1.807) is 11.8 Å². The number of furan rings is 1. The number of ether oxygens (including phenoxy) is 1. The molecular formula is C19H14N6O3S. The molecule has 3 aromatic heterocycles. The highest BCUT2D eigenvalue weighted by molar-refractivity contribution is 7.98. The fourth-order valence-electron chi connectivity index (χ4n) is 3.07. The van der Waals surface area contributed by atoms with Crippen LogP contribution in [0.3, 0.4) is 0 Å². The van der Waals surface area contributed by atoms with E-state index in [0.29, 0.717) is 33.6 Å². The van der Waals surface area contributed by atoms with Crippen LogP contribution in [-0.2, 0) is 5.75 Å². The smallest absolute Gasteiger partial charge is 0.294 e. The molecule has 3 heterocycles. The summed E-state index contributed by atoms with van der Waals surface area (Å²) >= 11 is 1.35. The summed E-state index contributed by atoms with van der Waals surface area (Å²) in [4.78, 5) is 19.8. The van der Waals surface area contributed by atoms with Crippen molar-refractivity contribution in [3.05, 3.63) is 64.7 Å². The van der Waals surface area contributed by atoms with Gasteiger partial charge in [-0.3, -0.25) is 4.79 Å². The second-order valence-corrected chi connectivity index (χ2v) is 7.06. The number of fused-ring (bicyclic) bond motifs is 3. The number of H-pyrrole nitrogens is 1. The first kappa shape index (κ1) is 17.4. The first-order valence-corrected chi connectivity index (χ1v) is 9.68. The normalized spacial score (nSPS) is 11.3. The number of hydrogen-bond acceptors (Lipinski definition) is 8. The number of aromatic amines is 1. The van der Waals surface area contributed by atoms with Crippen molar-refractivity contribution in [2.45, 2.75) is 10.9 Å². The molecule has 144 valence electrons. The SMILES string of the molecule is COc1ccccc1-n1nnnc1SCc1nc2c(oc3ccccc32)c(=O)[nH]1. The highest BCUT2D eigenvalue weighted by atomic mass is 32.2. The summed E-state index contributed by atoms with van der Waals surface area (Å²) < 4.78 is 12.6. The van der Waals surface area contributed by atoms with Gasteiger partial charge in [-0.1, -0.05) is 36.0 Å². The number of tetrazole rings is 1. The second kappa shape index (κ2) is 7.06. The molecule has 0 atom stereocenters. The Hall–Kier alpha value is -3.66. The molecule has 0 aliphatic rings. The van der Waals surface area contributed by atoms with Crippen LogP contribution in [-0.4, -0.2) is 37.3 Å². The summed E-state index contributed by atoms with van der Waals surface area (Å²) in [5, 5.41) is 13.3. The van der Waals surface area contributed by atoms with Gasteiger partial charge in [0, 0.05) is 5.39 Å². The Kier molecular flexibility index (Phi) is 4.24. The molecule has 1 N–H and O–H groups in total. The van der Waals surface area contributed by atoms with Gasteiger partial charge in [0.05, 0.1) is 12.9 Å². The van der Waals surface area contributed by atoms with Gasteiger partial charge >= 0.3 is 0 Å². The predicted molar refractivity (Wildman–Crippen MR) is 107 cm³/mol.